The van der Waals surface area contributed by atoms with Crippen LogP contribution in [0.4, 0.5) is 5.69 Å². The first kappa shape index (κ1) is 19.6. The van der Waals surface area contributed by atoms with Crippen LogP contribution in [0.5, 0.6) is 0 Å². The summed E-state index contributed by atoms with van der Waals surface area (Å²) in [5, 5.41) is 7.63. The summed E-state index contributed by atoms with van der Waals surface area (Å²) >= 11 is 5.42. The molecule has 2 heterocycles. The van der Waals surface area contributed by atoms with Gasteiger partial charge in [-0.1, -0.05) is 36.2 Å². The minimum absolute atomic E-state index is 0.0498. The van der Waals surface area contributed by atoms with Crippen LogP contribution in [0.15, 0.2) is 47.3 Å². The van der Waals surface area contributed by atoms with Gasteiger partial charge in [-0.05, 0) is 62.2 Å². The lowest BCUT2D eigenvalue weighted by atomic mass is 10.1. The van der Waals surface area contributed by atoms with Crippen LogP contribution in [0, 0.1) is 6.92 Å². The molecule has 150 valence electrons. The van der Waals surface area contributed by atoms with E-state index >= 15 is 0 Å². The van der Waals surface area contributed by atoms with Crippen molar-refractivity contribution in [3.63, 3.8) is 0 Å². The third-order valence-corrected chi connectivity index (χ3v) is 5.64. The number of hydrogen-bond acceptors (Lipinski definition) is 3. The van der Waals surface area contributed by atoms with Gasteiger partial charge in [0, 0.05) is 25.2 Å². The zero-order chi connectivity index (χ0) is 20.2. The Labute approximate surface area is 176 Å². The standard InChI is InChI=1S/C23H26N4OS/c1-16-6-8-17(9-7-16)12-13-24-23(29)25-18-10-11-20-19(15-18)22(28)27-14-4-2-3-5-21(27)26-20/h6-11,15H,2-5,12-14H2,1H3,(H2,24,25,29). The Bertz CT molecular complexity index is 1090. The number of aromatic nitrogens is 2. The lowest BCUT2D eigenvalue weighted by Gasteiger charge is -2.13. The van der Waals surface area contributed by atoms with Crippen molar-refractivity contribution in [3.8, 4) is 0 Å². The van der Waals surface area contributed by atoms with Crippen LogP contribution in [0.1, 0.15) is 36.2 Å². The Hall–Kier alpha value is -2.73. The van der Waals surface area contributed by atoms with E-state index in [9.17, 15) is 4.79 Å². The summed E-state index contributed by atoms with van der Waals surface area (Å²) in [6.07, 6.45) is 5.05. The molecule has 4 rings (SSSR count). The van der Waals surface area contributed by atoms with Gasteiger partial charge in [0.25, 0.3) is 5.56 Å². The second-order valence-corrected chi connectivity index (χ2v) is 8.05. The van der Waals surface area contributed by atoms with Crippen LogP contribution in [0.25, 0.3) is 10.9 Å². The van der Waals surface area contributed by atoms with Crippen molar-refractivity contribution in [1.29, 1.82) is 0 Å². The summed E-state index contributed by atoms with van der Waals surface area (Å²) in [6, 6.07) is 14.2. The molecule has 3 aromatic rings. The second-order valence-electron chi connectivity index (χ2n) is 7.64. The van der Waals surface area contributed by atoms with Crippen molar-refractivity contribution in [2.24, 2.45) is 0 Å². The molecule has 0 unspecified atom stereocenters. The first-order valence-corrected chi connectivity index (χ1v) is 10.6. The van der Waals surface area contributed by atoms with Crippen molar-refractivity contribution in [2.45, 2.75) is 45.6 Å². The fourth-order valence-corrected chi connectivity index (χ4v) is 3.97. The predicted octanol–water partition coefficient (Wildman–Crippen LogP) is 3.96. The third kappa shape index (κ3) is 4.65. The number of nitrogens with one attached hydrogen (secondary N) is 2. The zero-order valence-electron chi connectivity index (χ0n) is 16.7. The summed E-state index contributed by atoms with van der Waals surface area (Å²) in [5.41, 5.74) is 4.15. The fourth-order valence-electron chi connectivity index (χ4n) is 3.75. The minimum Gasteiger partial charge on any atom is -0.362 e. The number of hydrogen-bond donors (Lipinski definition) is 2. The molecule has 0 aliphatic carbocycles. The maximum absolute atomic E-state index is 13.0. The first-order valence-electron chi connectivity index (χ1n) is 10.2. The fraction of sp³-hybridized carbons (Fsp3) is 0.348. The molecule has 2 N–H and O–H groups in total. The van der Waals surface area contributed by atoms with Gasteiger partial charge in [-0.25, -0.2) is 4.98 Å². The number of rotatable bonds is 4. The molecule has 1 aliphatic rings. The molecular formula is C23H26N4OS. The monoisotopic (exact) mass is 406 g/mol. The predicted molar refractivity (Wildman–Crippen MR) is 123 cm³/mol. The Morgan fingerprint density at radius 2 is 1.97 bits per heavy atom. The number of fused-ring (bicyclic) bond motifs is 2. The molecule has 1 aliphatic heterocycles. The average Bonchev–Trinajstić information content (AvgIpc) is 2.96. The molecular weight excluding hydrogens is 380 g/mol. The van der Waals surface area contributed by atoms with E-state index in [1.807, 2.05) is 22.8 Å². The van der Waals surface area contributed by atoms with E-state index in [1.54, 1.807) is 0 Å². The van der Waals surface area contributed by atoms with Crippen LogP contribution in [0.2, 0.25) is 0 Å². The Kier molecular flexibility index (Phi) is 5.90. The van der Waals surface area contributed by atoms with Crippen LogP contribution < -0.4 is 16.2 Å². The SMILES string of the molecule is Cc1ccc(CCNC(=S)Nc2ccc3nc4n(c(=O)c3c2)CCCCC4)cc1. The van der Waals surface area contributed by atoms with Gasteiger partial charge in [0.15, 0.2) is 5.11 Å². The molecule has 0 saturated heterocycles. The lowest BCUT2D eigenvalue weighted by molar-refractivity contribution is 0.614. The van der Waals surface area contributed by atoms with E-state index in [0.29, 0.717) is 10.5 Å². The number of aryl methyl sites for hydroxylation is 2. The Morgan fingerprint density at radius 3 is 2.79 bits per heavy atom. The van der Waals surface area contributed by atoms with Gasteiger partial charge in [-0.2, -0.15) is 0 Å². The molecule has 29 heavy (non-hydrogen) atoms. The van der Waals surface area contributed by atoms with Crippen LogP contribution >= 0.6 is 12.2 Å². The summed E-state index contributed by atoms with van der Waals surface area (Å²) in [5.74, 6) is 0.911. The van der Waals surface area contributed by atoms with E-state index in [1.165, 1.54) is 11.1 Å². The molecule has 0 bridgehead atoms. The van der Waals surface area contributed by atoms with Crippen LogP contribution in [0.3, 0.4) is 0 Å². The van der Waals surface area contributed by atoms with E-state index in [2.05, 4.69) is 41.8 Å². The first-order chi connectivity index (χ1) is 14.1. The highest BCUT2D eigenvalue weighted by molar-refractivity contribution is 7.80. The average molecular weight is 407 g/mol. The van der Waals surface area contributed by atoms with Gasteiger partial charge in [-0.15, -0.1) is 0 Å². The zero-order valence-corrected chi connectivity index (χ0v) is 17.5. The molecule has 6 heteroatoms. The summed E-state index contributed by atoms with van der Waals surface area (Å²) in [4.78, 5) is 17.7. The molecule has 0 fully saturated rings. The maximum atomic E-state index is 13.0. The van der Waals surface area contributed by atoms with E-state index < -0.39 is 0 Å². The Balaban J connectivity index is 1.43. The van der Waals surface area contributed by atoms with E-state index in [0.717, 1.165) is 62.2 Å². The molecule has 2 aromatic carbocycles. The summed E-state index contributed by atoms with van der Waals surface area (Å²) in [6.45, 7) is 3.59. The maximum Gasteiger partial charge on any atom is 0.261 e. The van der Waals surface area contributed by atoms with Crippen molar-refractivity contribution in [1.82, 2.24) is 14.9 Å². The molecule has 0 amide bonds. The lowest BCUT2D eigenvalue weighted by Crippen LogP contribution is -2.30. The quantitative estimate of drug-likeness (QED) is 0.642. The van der Waals surface area contributed by atoms with Crippen LogP contribution in [-0.2, 0) is 19.4 Å². The van der Waals surface area contributed by atoms with Gasteiger partial charge < -0.3 is 10.6 Å². The van der Waals surface area contributed by atoms with Crippen molar-refractivity contribution in [3.05, 3.63) is 69.8 Å². The highest BCUT2D eigenvalue weighted by Gasteiger charge is 2.14. The molecule has 0 spiro atoms. The normalized spacial score (nSPS) is 13.6. The van der Waals surface area contributed by atoms with Crippen molar-refractivity contribution >= 4 is 33.9 Å². The van der Waals surface area contributed by atoms with E-state index in [4.69, 9.17) is 17.2 Å². The topological polar surface area (TPSA) is 59.0 Å². The molecule has 0 radical (unpaired) electrons. The van der Waals surface area contributed by atoms with Crippen LogP contribution in [-0.4, -0.2) is 21.2 Å². The number of thiocarbonyl (C=S) groups is 1. The van der Waals surface area contributed by atoms with E-state index in [-0.39, 0.29) is 5.56 Å². The molecule has 0 atom stereocenters. The number of nitrogens with zero attached hydrogens (tertiary/aromatic N) is 2. The summed E-state index contributed by atoms with van der Waals surface area (Å²) in [7, 11) is 0. The molecule has 1 aromatic heterocycles. The molecule has 0 saturated carbocycles. The smallest absolute Gasteiger partial charge is 0.261 e. The minimum atomic E-state index is 0.0498. The van der Waals surface area contributed by atoms with Gasteiger partial charge >= 0.3 is 0 Å². The third-order valence-electron chi connectivity index (χ3n) is 5.39. The van der Waals surface area contributed by atoms with Gasteiger partial charge in [0.05, 0.1) is 10.9 Å². The number of benzene rings is 2. The van der Waals surface area contributed by atoms with Gasteiger partial charge in [-0.3, -0.25) is 9.36 Å². The highest BCUT2D eigenvalue weighted by atomic mass is 32.1. The summed E-state index contributed by atoms with van der Waals surface area (Å²) < 4.78 is 1.84. The highest BCUT2D eigenvalue weighted by Crippen LogP contribution is 2.18. The molecule has 5 nitrogen and oxygen atoms in total. The van der Waals surface area contributed by atoms with Gasteiger partial charge in [0.1, 0.15) is 5.82 Å². The largest absolute Gasteiger partial charge is 0.362 e. The van der Waals surface area contributed by atoms with Crippen molar-refractivity contribution in [2.75, 3.05) is 11.9 Å². The Morgan fingerprint density at radius 1 is 1.14 bits per heavy atom. The van der Waals surface area contributed by atoms with Gasteiger partial charge in [0.2, 0.25) is 0 Å². The number of anilines is 1. The van der Waals surface area contributed by atoms with Crippen molar-refractivity contribution < 1.29 is 0 Å². The second kappa shape index (κ2) is 8.74.